The van der Waals surface area contributed by atoms with Gasteiger partial charge < -0.3 is 10.2 Å². The second kappa shape index (κ2) is 8.90. The Balaban J connectivity index is 0.000000686. The van der Waals surface area contributed by atoms with E-state index in [-0.39, 0.29) is 0 Å². The predicted molar refractivity (Wildman–Crippen MR) is 75.2 cm³/mol. The van der Waals surface area contributed by atoms with Gasteiger partial charge >= 0.3 is 0 Å². The summed E-state index contributed by atoms with van der Waals surface area (Å²) >= 11 is 0. The van der Waals surface area contributed by atoms with Gasteiger partial charge in [-0.05, 0) is 51.4 Å². The van der Waals surface area contributed by atoms with Crippen molar-refractivity contribution < 1.29 is 0 Å². The summed E-state index contributed by atoms with van der Waals surface area (Å²) in [7, 11) is 0. The molecule has 0 aromatic carbocycles. The van der Waals surface area contributed by atoms with Crippen molar-refractivity contribution >= 4 is 0 Å². The maximum Gasteiger partial charge on any atom is 0.0480 e. The van der Waals surface area contributed by atoms with Gasteiger partial charge in [0.1, 0.15) is 0 Å². The molecule has 0 amide bonds. The van der Waals surface area contributed by atoms with Crippen molar-refractivity contribution in [2.24, 2.45) is 5.92 Å². The van der Waals surface area contributed by atoms with Crippen molar-refractivity contribution in [3.8, 4) is 0 Å². The smallest absolute Gasteiger partial charge is 0.0480 e. The third-order valence-corrected chi connectivity index (χ3v) is 3.83. The molecule has 2 heterocycles. The first kappa shape index (κ1) is 14.9. The van der Waals surface area contributed by atoms with Gasteiger partial charge in [0.05, 0.1) is 0 Å². The van der Waals surface area contributed by atoms with E-state index in [2.05, 4.69) is 22.0 Å². The van der Waals surface area contributed by atoms with Crippen molar-refractivity contribution in [2.45, 2.75) is 40.0 Å². The first-order chi connectivity index (χ1) is 8.38. The Morgan fingerprint density at radius 3 is 2.29 bits per heavy atom. The fraction of sp³-hybridized carbons (Fsp3) is 1.00. The van der Waals surface area contributed by atoms with Crippen LogP contribution in [0.5, 0.6) is 0 Å². The second-order valence-corrected chi connectivity index (χ2v) is 4.97. The van der Waals surface area contributed by atoms with Crippen LogP contribution in [0.2, 0.25) is 0 Å². The summed E-state index contributed by atoms with van der Waals surface area (Å²) in [6, 6.07) is 0. The molecule has 0 unspecified atom stereocenters. The topological polar surface area (TPSA) is 18.5 Å². The molecule has 17 heavy (non-hydrogen) atoms. The SMILES string of the molecule is CC.CCN1CCC(CN2CCCNC2)CC1. The van der Waals surface area contributed by atoms with Gasteiger partial charge in [0.25, 0.3) is 0 Å². The van der Waals surface area contributed by atoms with E-state index >= 15 is 0 Å². The number of nitrogens with one attached hydrogen (secondary N) is 1. The van der Waals surface area contributed by atoms with Gasteiger partial charge in [0.15, 0.2) is 0 Å². The Bertz CT molecular complexity index is 170. The van der Waals surface area contributed by atoms with Gasteiger partial charge in [-0.2, -0.15) is 0 Å². The maximum absolute atomic E-state index is 3.46. The van der Waals surface area contributed by atoms with Crippen LogP contribution in [0.25, 0.3) is 0 Å². The summed E-state index contributed by atoms with van der Waals surface area (Å²) in [6.07, 6.45) is 4.14. The summed E-state index contributed by atoms with van der Waals surface area (Å²) in [5.74, 6) is 0.952. The Labute approximate surface area is 108 Å². The van der Waals surface area contributed by atoms with E-state index in [1.54, 1.807) is 0 Å². The summed E-state index contributed by atoms with van der Waals surface area (Å²) in [5.41, 5.74) is 0. The van der Waals surface area contributed by atoms with Crippen LogP contribution in [0.15, 0.2) is 0 Å². The molecule has 0 aliphatic carbocycles. The van der Waals surface area contributed by atoms with Gasteiger partial charge in [0.2, 0.25) is 0 Å². The van der Waals surface area contributed by atoms with Crippen LogP contribution in [0.4, 0.5) is 0 Å². The van der Waals surface area contributed by atoms with Gasteiger partial charge in [-0.25, -0.2) is 0 Å². The van der Waals surface area contributed by atoms with E-state index in [1.807, 2.05) is 13.8 Å². The minimum atomic E-state index is 0.952. The van der Waals surface area contributed by atoms with E-state index < -0.39 is 0 Å². The first-order valence-corrected chi connectivity index (χ1v) is 7.54. The lowest BCUT2D eigenvalue weighted by Crippen LogP contribution is -2.45. The van der Waals surface area contributed by atoms with Crippen LogP contribution in [0.1, 0.15) is 40.0 Å². The molecule has 2 saturated heterocycles. The fourth-order valence-electron chi connectivity index (χ4n) is 2.75. The van der Waals surface area contributed by atoms with Crippen molar-refractivity contribution in [2.75, 3.05) is 45.9 Å². The van der Waals surface area contributed by atoms with E-state index in [4.69, 9.17) is 0 Å². The van der Waals surface area contributed by atoms with Crippen molar-refractivity contribution in [1.82, 2.24) is 15.1 Å². The lowest BCUT2D eigenvalue weighted by Gasteiger charge is -2.35. The van der Waals surface area contributed by atoms with Gasteiger partial charge in [-0.3, -0.25) is 4.90 Å². The van der Waals surface area contributed by atoms with Crippen LogP contribution in [0, 0.1) is 5.92 Å². The molecule has 0 aromatic rings. The molecular formula is C14H31N3. The lowest BCUT2D eigenvalue weighted by atomic mass is 9.96. The van der Waals surface area contributed by atoms with E-state index in [0.717, 1.165) is 12.6 Å². The molecular weight excluding hydrogens is 210 g/mol. The third-order valence-electron chi connectivity index (χ3n) is 3.83. The molecule has 2 rings (SSSR count). The zero-order chi connectivity index (χ0) is 12.5. The molecule has 0 spiro atoms. The summed E-state index contributed by atoms with van der Waals surface area (Å²) < 4.78 is 0. The zero-order valence-electron chi connectivity index (χ0n) is 12.0. The largest absolute Gasteiger partial charge is 0.304 e. The molecule has 102 valence electrons. The minimum absolute atomic E-state index is 0.952. The van der Waals surface area contributed by atoms with Crippen molar-refractivity contribution in [3.63, 3.8) is 0 Å². The fourth-order valence-corrected chi connectivity index (χ4v) is 2.75. The highest BCUT2D eigenvalue weighted by molar-refractivity contribution is 4.75. The summed E-state index contributed by atoms with van der Waals surface area (Å²) in [6.45, 7) is 15.1. The van der Waals surface area contributed by atoms with Crippen LogP contribution in [0.3, 0.4) is 0 Å². The molecule has 3 nitrogen and oxygen atoms in total. The Hall–Kier alpha value is -0.120. The van der Waals surface area contributed by atoms with Crippen LogP contribution >= 0.6 is 0 Å². The number of piperidine rings is 1. The Kier molecular flexibility index (Phi) is 7.82. The average Bonchev–Trinajstić information content (AvgIpc) is 2.43. The average molecular weight is 241 g/mol. The summed E-state index contributed by atoms with van der Waals surface area (Å²) in [4.78, 5) is 5.17. The Morgan fingerprint density at radius 2 is 1.76 bits per heavy atom. The highest BCUT2D eigenvalue weighted by atomic mass is 15.2. The molecule has 2 aliphatic rings. The third kappa shape index (κ3) is 5.36. The lowest BCUT2D eigenvalue weighted by molar-refractivity contribution is 0.130. The first-order valence-electron chi connectivity index (χ1n) is 7.54. The molecule has 0 atom stereocenters. The number of rotatable bonds is 3. The number of hydrogen-bond acceptors (Lipinski definition) is 3. The van der Waals surface area contributed by atoms with E-state index in [0.29, 0.717) is 0 Å². The minimum Gasteiger partial charge on any atom is -0.304 e. The van der Waals surface area contributed by atoms with E-state index in [9.17, 15) is 0 Å². The van der Waals surface area contributed by atoms with Crippen LogP contribution < -0.4 is 5.32 Å². The molecule has 0 radical (unpaired) electrons. The number of hydrogen-bond donors (Lipinski definition) is 1. The van der Waals surface area contributed by atoms with Crippen LogP contribution in [-0.2, 0) is 0 Å². The Morgan fingerprint density at radius 1 is 1.06 bits per heavy atom. The zero-order valence-corrected chi connectivity index (χ0v) is 12.0. The molecule has 2 fully saturated rings. The standard InChI is InChI=1S/C12H25N3.C2H6/c1-2-14-8-4-12(5-9-14)10-15-7-3-6-13-11-15;1-2/h12-13H,2-11H2,1H3;1-2H3. The van der Waals surface area contributed by atoms with E-state index in [1.165, 1.54) is 58.5 Å². The molecule has 0 saturated carbocycles. The molecule has 2 aliphatic heterocycles. The monoisotopic (exact) mass is 241 g/mol. The number of likely N-dealkylation sites (tertiary alicyclic amines) is 1. The van der Waals surface area contributed by atoms with Gasteiger partial charge in [0, 0.05) is 19.8 Å². The second-order valence-electron chi connectivity index (χ2n) is 4.97. The summed E-state index contributed by atoms with van der Waals surface area (Å²) in [5, 5.41) is 3.46. The maximum atomic E-state index is 3.46. The van der Waals surface area contributed by atoms with Crippen molar-refractivity contribution in [3.05, 3.63) is 0 Å². The highest BCUT2D eigenvalue weighted by Crippen LogP contribution is 2.18. The molecule has 1 N–H and O–H groups in total. The normalized spacial score (nSPS) is 24.2. The molecule has 3 heteroatoms. The highest BCUT2D eigenvalue weighted by Gasteiger charge is 2.21. The molecule has 0 bridgehead atoms. The number of nitrogens with zero attached hydrogens (tertiary/aromatic N) is 2. The predicted octanol–water partition coefficient (Wildman–Crippen LogP) is 2.00. The van der Waals surface area contributed by atoms with Gasteiger partial charge in [-0.1, -0.05) is 20.8 Å². The van der Waals surface area contributed by atoms with Crippen molar-refractivity contribution in [1.29, 1.82) is 0 Å². The van der Waals surface area contributed by atoms with Gasteiger partial charge in [-0.15, -0.1) is 0 Å². The molecule has 0 aromatic heterocycles. The quantitative estimate of drug-likeness (QED) is 0.815. The van der Waals surface area contributed by atoms with Crippen LogP contribution in [-0.4, -0.2) is 55.7 Å².